The van der Waals surface area contributed by atoms with Gasteiger partial charge in [-0.25, -0.2) is 0 Å². The Balaban J connectivity index is 1.71. The Morgan fingerprint density at radius 2 is 2.00 bits per heavy atom. The van der Waals surface area contributed by atoms with Gasteiger partial charge in [0.25, 0.3) is 0 Å². The van der Waals surface area contributed by atoms with Crippen molar-refractivity contribution in [2.24, 2.45) is 10.7 Å². The van der Waals surface area contributed by atoms with Gasteiger partial charge in [-0.3, -0.25) is 9.89 Å². The second-order valence-corrected chi connectivity index (χ2v) is 7.00. The summed E-state index contributed by atoms with van der Waals surface area (Å²) in [7, 11) is 1.64. The molecule has 28 heavy (non-hydrogen) atoms. The number of methoxy groups -OCH3 is 1. The highest BCUT2D eigenvalue weighted by molar-refractivity contribution is 5.78. The van der Waals surface area contributed by atoms with Crippen LogP contribution in [0.25, 0.3) is 0 Å². The van der Waals surface area contributed by atoms with E-state index in [2.05, 4.69) is 15.2 Å². The number of nitrogens with two attached hydrogens (primary N) is 1. The molecule has 1 saturated heterocycles. The number of hydrogen-bond acceptors (Lipinski definition) is 4. The van der Waals surface area contributed by atoms with E-state index in [1.54, 1.807) is 13.2 Å². The molecule has 1 aliphatic heterocycles. The summed E-state index contributed by atoms with van der Waals surface area (Å²) in [6.07, 6.45) is -3.43. The highest BCUT2D eigenvalue weighted by atomic mass is 19.4. The zero-order chi connectivity index (χ0) is 20.6. The number of nitrogens with zero attached hydrogens (tertiary/aromatic N) is 3. The first-order valence-corrected chi connectivity index (χ1v) is 9.49. The number of anilines is 1. The van der Waals surface area contributed by atoms with E-state index in [0.717, 1.165) is 32.1 Å². The summed E-state index contributed by atoms with van der Waals surface area (Å²) < 4.78 is 43.7. The van der Waals surface area contributed by atoms with Crippen LogP contribution in [0.15, 0.2) is 29.3 Å². The van der Waals surface area contributed by atoms with Crippen molar-refractivity contribution >= 4 is 11.6 Å². The lowest BCUT2D eigenvalue weighted by molar-refractivity contribution is -0.137. The van der Waals surface area contributed by atoms with Gasteiger partial charge in [0.2, 0.25) is 0 Å². The van der Waals surface area contributed by atoms with Crippen molar-refractivity contribution in [3.63, 3.8) is 0 Å². The van der Waals surface area contributed by atoms with Gasteiger partial charge in [-0.15, -0.1) is 0 Å². The number of rotatable bonds is 8. The lowest BCUT2D eigenvalue weighted by atomic mass is 10.1. The van der Waals surface area contributed by atoms with Gasteiger partial charge in [0.05, 0.1) is 12.2 Å². The van der Waals surface area contributed by atoms with E-state index in [4.69, 9.17) is 10.5 Å². The van der Waals surface area contributed by atoms with Gasteiger partial charge in [-0.05, 0) is 31.5 Å². The molecule has 0 saturated carbocycles. The maximum absolute atomic E-state index is 12.9. The van der Waals surface area contributed by atoms with Crippen molar-refractivity contribution < 1.29 is 17.9 Å². The Kier molecular flexibility index (Phi) is 8.37. The van der Waals surface area contributed by atoms with Crippen molar-refractivity contribution in [2.75, 3.05) is 57.9 Å². The average molecular weight is 401 g/mol. The third kappa shape index (κ3) is 7.20. The van der Waals surface area contributed by atoms with Crippen LogP contribution in [0, 0.1) is 0 Å². The third-order valence-electron chi connectivity index (χ3n) is 4.64. The number of halogens is 3. The first kappa shape index (κ1) is 22.3. The Morgan fingerprint density at radius 3 is 2.64 bits per heavy atom. The van der Waals surface area contributed by atoms with E-state index in [1.165, 1.54) is 12.1 Å². The lowest BCUT2D eigenvalue weighted by Gasteiger charge is -2.36. The van der Waals surface area contributed by atoms with E-state index >= 15 is 0 Å². The van der Waals surface area contributed by atoms with E-state index in [9.17, 15) is 13.2 Å². The number of nitrogens with one attached hydrogen (secondary N) is 1. The van der Waals surface area contributed by atoms with Gasteiger partial charge >= 0.3 is 6.18 Å². The standard InChI is InChI=1S/C19H30F3N5O/c1-15(14-28-2)25-18(23)24-7-4-8-26-9-11-27(12-10-26)17-6-3-5-16(13-17)19(20,21)22/h3,5-6,13,15H,4,7-12,14H2,1-2H3,(H3,23,24,25). The average Bonchev–Trinajstić information content (AvgIpc) is 2.65. The Morgan fingerprint density at radius 1 is 1.29 bits per heavy atom. The molecule has 1 fully saturated rings. The predicted octanol–water partition coefficient (Wildman–Crippen LogP) is 2.16. The molecule has 0 radical (unpaired) electrons. The minimum absolute atomic E-state index is 0.109. The molecule has 0 amide bonds. The summed E-state index contributed by atoms with van der Waals surface area (Å²) in [5.41, 5.74) is 5.86. The molecule has 1 aromatic rings. The van der Waals surface area contributed by atoms with Crippen molar-refractivity contribution in [3.8, 4) is 0 Å². The molecule has 3 N–H and O–H groups in total. The normalized spacial score (nSPS) is 17.6. The summed E-state index contributed by atoms with van der Waals surface area (Å²) in [4.78, 5) is 8.62. The molecular formula is C19H30F3N5O. The van der Waals surface area contributed by atoms with Gasteiger partial charge in [0.1, 0.15) is 0 Å². The van der Waals surface area contributed by atoms with Crippen LogP contribution in [0.5, 0.6) is 0 Å². The molecule has 1 aromatic carbocycles. The molecule has 0 spiro atoms. The number of hydrogen-bond donors (Lipinski definition) is 2. The summed E-state index contributed by atoms with van der Waals surface area (Å²) in [5, 5.41) is 3.06. The van der Waals surface area contributed by atoms with Crippen LogP contribution < -0.4 is 16.0 Å². The molecule has 6 nitrogen and oxygen atoms in total. The van der Waals surface area contributed by atoms with Gasteiger partial charge in [0.15, 0.2) is 5.96 Å². The van der Waals surface area contributed by atoms with Crippen molar-refractivity contribution in [1.82, 2.24) is 10.2 Å². The van der Waals surface area contributed by atoms with Gasteiger partial charge < -0.3 is 20.7 Å². The first-order valence-electron chi connectivity index (χ1n) is 9.49. The number of benzene rings is 1. The number of piperazine rings is 1. The highest BCUT2D eigenvalue weighted by Gasteiger charge is 2.31. The fourth-order valence-electron chi connectivity index (χ4n) is 3.19. The van der Waals surface area contributed by atoms with Crippen molar-refractivity contribution in [1.29, 1.82) is 0 Å². The maximum atomic E-state index is 12.9. The van der Waals surface area contributed by atoms with Crippen LogP contribution in [0.4, 0.5) is 18.9 Å². The van der Waals surface area contributed by atoms with E-state index in [1.807, 2.05) is 11.8 Å². The zero-order valence-electron chi connectivity index (χ0n) is 16.5. The minimum Gasteiger partial charge on any atom is -0.383 e. The summed E-state index contributed by atoms with van der Waals surface area (Å²) in [6, 6.07) is 5.65. The Hall–Kier alpha value is -2.00. The smallest absolute Gasteiger partial charge is 0.383 e. The molecular weight excluding hydrogens is 371 g/mol. The van der Waals surface area contributed by atoms with Crippen LogP contribution in [-0.4, -0.2) is 69.9 Å². The number of aliphatic imine (C=N–C) groups is 1. The Bertz CT molecular complexity index is 630. The van der Waals surface area contributed by atoms with Crippen molar-refractivity contribution in [3.05, 3.63) is 29.8 Å². The fourth-order valence-corrected chi connectivity index (χ4v) is 3.19. The SMILES string of the molecule is COCC(C)NC(N)=NCCCN1CCN(c2cccc(C(F)(F)F)c2)CC1. The quantitative estimate of drug-likeness (QED) is 0.397. The van der Waals surface area contributed by atoms with E-state index in [0.29, 0.717) is 37.9 Å². The molecule has 1 heterocycles. The number of alkyl halides is 3. The minimum atomic E-state index is -4.31. The second kappa shape index (κ2) is 10.5. The number of ether oxygens (including phenoxy) is 1. The molecule has 1 aliphatic rings. The van der Waals surface area contributed by atoms with Crippen LogP contribution in [0.3, 0.4) is 0 Å². The summed E-state index contributed by atoms with van der Waals surface area (Å²) in [6.45, 7) is 7.11. The van der Waals surface area contributed by atoms with E-state index < -0.39 is 11.7 Å². The molecule has 9 heteroatoms. The Labute approximate surface area is 164 Å². The molecule has 1 atom stereocenters. The van der Waals surface area contributed by atoms with Gasteiger partial charge in [-0.2, -0.15) is 13.2 Å². The van der Waals surface area contributed by atoms with Crippen LogP contribution in [0.1, 0.15) is 18.9 Å². The van der Waals surface area contributed by atoms with Crippen LogP contribution >= 0.6 is 0 Å². The topological polar surface area (TPSA) is 66.1 Å². The van der Waals surface area contributed by atoms with Gasteiger partial charge in [0, 0.05) is 58.1 Å². The predicted molar refractivity (Wildman–Crippen MR) is 106 cm³/mol. The van der Waals surface area contributed by atoms with Crippen LogP contribution in [-0.2, 0) is 10.9 Å². The largest absolute Gasteiger partial charge is 0.416 e. The lowest BCUT2D eigenvalue weighted by Crippen LogP contribution is -2.46. The molecule has 0 bridgehead atoms. The first-order chi connectivity index (χ1) is 13.3. The van der Waals surface area contributed by atoms with Crippen LogP contribution in [0.2, 0.25) is 0 Å². The maximum Gasteiger partial charge on any atom is 0.416 e. The van der Waals surface area contributed by atoms with Gasteiger partial charge in [-0.1, -0.05) is 6.07 Å². The molecule has 0 aromatic heterocycles. The molecule has 2 rings (SSSR count). The monoisotopic (exact) mass is 401 g/mol. The summed E-state index contributed by atoms with van der Waals surface area (Å²) >= 11 is 0. The fraction of sp³-hybridized carbons (Fsp3) is 0.632. The molecule has 158 valence electrons. The molecule has 1 unspecified atom stereocenters. The number of guanidine groups is 1. The summed E-state index contributed by atoms with van der Waals surface area (Å²) in [5.74, 6) is 0.416. The molecule has 0 aliphatic carbocycles. The highest BCUT2D eigenvalue weighted by Crippen LogP contribution is 2.31. The zero-order valence-corrected chi connectivity index (χ0v) is 16.5. The van der Waals surface area contributed by atoms with E-state index in [-0.39, 0.29) is 6.04 Å². The van der Waals surface area contributed by atoms with Crippen molar-refractivity contribution in [2.45, 2.75) is 25.6 Å². The second-order valence-electron chi connectivity index (χ2n) is 7.00. The third-order valence-corrected chi connectivity index (χ3v) is 4.64.